The predicted octanol–water partition coefficient (Wildman–Crippen LogP) is 3.45. The molecule has 1 aliphatic carbocycles. The summed E-state index contributed by atoms with van der Waals surface area (Å²) in [7, 11) is 0. The molecule has 2 amide bonds. The van der Waals surface area contributed by atoms with Crippen LogP contribution in [0.5, 0.6) is 5.75 Å². The highest BCUT2D eigenvalue weighted by molar-refractivity contribution is 5.75. The lowest BCUT2D eigenvalue weighted by Gasteiger charge is -2.23. The maximum absolute atomic E-state index is 12.9. The van der Waals surface area contributed by atoms with Gasteiger partial charge in [-0.3, -0.25) is 0 Å². The number of nitrogens with one attached hydrogen (secondary N) is 1. The van der Waals surface area contributed by atoms with Crippen LogP contribution in [0.2, 0.25) is 0 Å². The number of hydrogen-bond acceptors (Lipinski definition) is 2. The fourth-order valence-electron chi connectivity index (χ4n) is 2.67. The van der Waals surface area contributed by atoms with Crippen molar-refractivity contribution in [3.05, 3.63) is 65.5 Å². The van der Waals surface area contributed by atoms with Gasteiger partial charge in [-0.05, 0) is 54.7 Å². The first-order valence-electron chi connectivity index (χ1n) is 8.18. The Morgan fingerprint density at radius 3 is 2.58 bits per heavy atom. The molecule has 24 heavy (non-hydrogen) atoms. The van der Waals surface area contributed by atoms with Crippen molar-refractivity contribution in [3.63, 3.8) is 0 Å². The Bertz CT molecular complexity index is 699. The van der Waals surface area contributed by atoms with Crippen molar-refractivity contribution >= 4 is 6.03 Å². The SMILES string of the molecule is O=C(NCCc1ccc(F)cc1)N(Cc1cccc(O)c1)C1CC1. The molecule has 2 N–H and O–H groups in total. The highest BCUT2D eigenvalue weighted by Crippen LogP contribution is 2.28. The van der Waals surface area contributed by atoms with E-state index in [2.05, 4.69) is 5.32 Å². The molecule has 0 spiro atoms. The lowest BCUT2D eigenvalue weighted by molar-refractivity contribution is 0.192. The lowest BCUT2D eigenvalue weighted by Crippen LogP contribution is -2.41. The van der Waals surface area contributed by atoms with Gasteiger partial charge in [0.25, 0.3) is 0 Å². The maximum atomic E-state index is 12.9. The van der Waals surface area contributed by atoms with Gasteiger partial charge >= 0.3 is 6.03 Å². The second kappa shape index (κ2) is 7.34. The van der Waals surface area contributed by atoms with E-state index in [1.54, 1.807) is 30.3 Å². The Balaban J connectivity index is 1.53. The first-order valence-corrected chi connectivity index (χ1v) is 8.18. The van der Waals surface area contributed by atoms with Gasteiger partial charge in [-0.15, -0.1) is 0 Å². The normalized spacial score (nSPS) is 13.5. The molecular weight excluding hydrogens is 307 g/mol. The molecule has 1 aliphatic rings. The fraction of sp³-hybridized carbons (Fsp3) is 0.316. The topological polar surface area (TPSA) is 52.6 Å². The summed E-state index contributed by atoms with van der Waals surface area (Å²) in [6.45, 7) is 0.995. The summed E-state index contributed by atoms with van der Waals surface area (Å²) in [6, 6.07) is 13.5. The van der Waals surface area contributed by atoms with Crippen LogP contribution >= 0.6 is 0 Å². The van der Waals surface area contributed by atoms with Crippen LogP contribution in [0, 0.1) is 5.82 Å². The van der Waals surface area contributed by atoms with Gasteiger partial charge in [0.05, 0.1) is 0 Å². The molecule has 0 saturated heterocycles. The van der Waals surface area contributed by atoms with Crippen LogP contribution in [0.3, 0.4) is 0 Å². The molecule has 5 heteroatoms. The molecule has 2 aromatic rings. The number of carbonyl (C=O) groups is 1. The third-order valence-electron chi connectivity index (χ3n) is 4.12. The van der Waals surface area contributed by atoms with Crippen molar-refractivity contribution in [3.8, 4) is 5.75 Å². The molecule has 1 fully saturated rings. The summed E-state index contributed by atoms with van der Waals surface area (Å²) in [5.74, 6) is -0.0474. The predicted molar refractivity (Wildman–Crippen MR) is 90.2 cm³/mol. The molecular formula is C19H21FN2O2. The van der Waals surface area contributed by atoms with Gasteiger partial charge in [-0.1, -0.05) is 24.3 Å². The van der Waals surface area contributed by atoms with Gasteiger partial charge in [0.15, 0.2) is 0 Å². The lowest BCUT2D eigenvalue weighted by atomic mass is 10.1. The highest BCUT2D eigenvalue weighted by atomic mass is 19.1. The zero-order valence-electron chi connectivity index (χ0n) is 13.4. The van der Waals surface area contributed by atoms with Crippen LogP contribution in [0.4, 0.5) is 9.18 Å². The Morgan fingerprint density at radius 2 is 1.92 bits per heavy atom. The van der Waals surface area contributed by atoms with E-state index in [0.29, 0.717) is 19.5 Å². The minimum Gasteiger partial charge on any atom is -0.508 e. The average Bonchev–Trinajstić information content (AvgIpc) is 3.39. The number of hydrogen-bond donors (Lipinski definition) is 2. The number of rotatable bonds is 6. The summed E-state index contributed by atoms with van der Waals surface area (Å²) in [5, 5.41) is 12.5. The van der Waals surface area contributed by atoms with E-state index in [-0.39, 0.29) is 23.6 Å². The molecule has 1 saturated carbocycles. The zero-order chi connectivity index (χ0) is 16.9. The third kappa shape index (κ3) is 4.47. The second-order valence-electron chi connectivity index (χ2n) is 6.14. The standard InChI is InChI=1S/C19H21FN2O2/c20-16-6-4-14(5-7-16)10-11-21-19(24)22(17-8-9-17)13-15-2-1-3-18(23)12-15/h1-7,12,17,23H,8-11,13H2,(H,21,24). The molecule has 0 bridgehead atoms. The quantitative estimate of drug-likeness (QED) is 0.853. The summed E-state index contributed by atoms with van der Waals surface area (Å²) < 4.78 is 12.9. The van der Waals surface area contributed by atoms with Gasteiger partial charge < -0.3 is 15.3 Å². The molecule has 0 atom stereocenters. The van der Waals surface area contributed by atoms with E-state index in [1.807, 2.05) is 11.0 Å². The number of urea groups is 1. The first kappa shape index (κ1) is 16.3. The summed E-state index contributed by atoms with van der Waals surface area (Å²) in [4.78, 5) is 14.3. The number of phenolic OH excluding ortho intramolecular Hbond substituents is 1. The van der Waals surface area contributed by atoms with Gasteiger partial charge in [-0.25, -0.2) is 9.18 Å². The third-order valence-corrected chi connectivity index (χ3v) is 4.12. The monoisotopic (exact) mass is 328 g/mol. The molecule has 0 heterocycles. The number of phenols is 1. The minimum atomic E-state index is -0.256. The van der Waals surface area contributed by atoms with Crippen molar-refractivity contribution in [2.45, 2.75) is 31.8 Å². The van der Waals surface area contributed by atoms with Crippen LogP contribution in [-0.4, -0.2) is 28.6 Å². The van der Waals surface area contributed by atoms with E-state index in [9.17, 15) is 14.3 Å². The van der Waals surface area contributed by atoms with Crippen molar-refractivity contribution in [2.24, 2.45) is 0 Å². The first-order chi connectivity index (χ1) is 11.6. The van der Waals surface area contributed by atoms with Gasteiger partial charge in [0.2, 0.25) is 0 Å². The number of aromatic hydroxyl groups is 1. The van der Waals surface area contributed by atoms with Crippen molar-refractivity contribution < 1.29 is 14.3 Å². The minimum absolute atomic E-state index is 0.0945. The molecule has 0 radical (unpaired) electrons. The molecule has 0 aromatic heterocycles. The molecule has 3 rings (SSSR count). The second-order valence-corrected chi connectivity index (χ2v) is 6.14. The van der Waals surface area contributed by atoms with Crippen LogP contribution in [0.1, 0.15) is 24.0 Å². The van der Waals surface area contributed by atoms with Crippen LogP contribution in [0.15, 0.2) is 48.5 Å². The maximum Gasteiger partial charge on any atom is 0.317 e. The molecule has 0 unspecified atom stereocenters. The molecule has 126 valence electrons. The van der Waals surface area contributed by atoms with E-state index < -0.39 is 0 Å². The number of halogens is 1. The Morgan fingerprint density at radius 1 is 1.17 bits per heavy atom. The van der Waals surface area contributed by atoms with Gasteiger partial charge in [0, 0.05) is 19.1 Å². The van der Waals surface area contributed by atoms with Crippen LogP contribution in [-0.2, 0) is 13.0 Å². The molecule has 4 nitrogen and oxygen atoms in total. The summed E-state index contributed by atoms with van der Waals surface area (Å²) in [5.41, 5.74) is 1.90. The van der Waals surface area contributed by atoms with Gasteiger partial charge in [0.1, 0.15) is 11.6 Å². The molecule has 2 aromatic carbocycles. The molecule has 0 aliphatic heterocycles. The van der Waals surface area contributed by atoms with E-state index in [0.717, 1.165) is 24.0 Å². The Kier molecular flexibility index (Phi) is 4.99. The van der Waals surface area contributed by atoms with Crippen molar-refractivity contribution in [2.75, 3.05) is 6.54 Å². The van der Waals surface area contributed by atoms with Crippen LogP contribution in [0.25, 0.3) is 0 Å². The summed E-state index contributed by atoms with van der Waals surface area (Å²) >= 11 is 0. The Hall–Kier alpha value is -2.56. The van der Waals surface area contributed by atoms with E-state index >= 15 is 0 Å². The number of carbonyl (C=O) groups excluding carboxylic acids is 1. The van der Waals surface area contributed by atoms with Crippen LogP contribution < -0.4 is 5.32 Å². The number of benzene rings is 2. The average molecular weight is 328 g/mol. The van der Waals surface area contributed by atoms with Gasteiger partial charge in [-0.2, -0.15) is 0 Å². The smallest absolute Gasteiger partial charge is 0.317 e. The number of amides is 2. The van der Waals surface area contributed by atoms with Crippen molar-refractivity contribution in [1.29, 1.82) is 0 Å². The fourth-order valence-corrected chi connectivity index (χ4v) is 2.67. The zero-order valence-corrected chi connectivity index (χ0v) is 13.4. The summed E-state index contributed by atoms with van der Waals surface area (Å²) in [6.07, 6.45) is 2.70. The largest absolute Gasteiger partial charge is 0.508 e. The number of nitrogens with zero attached hydrogens (tertiary/aromatic N) is 1. The van der Waals surface area contributed by atoms with E-state index in [1.165, 1.54) is 12.1 Å². The van der Waals surface area contributed by atoms with E-state index in [4.69, 9.17) is 0 Å². The van der Waals surface area contributed by atoms with Crippen molar-refractivity contribution in [1.82, 2.24) is 10.2 Å². The Labute approximate surface area is 140 Å². The highest BCUT2D eigenvalue weighted by Gasteiger charge is 2.32.